The van der Waals surface area contributed by atoms with Crippen molar-refractivity contribution in [3.05, 3.63) is 35.2 Å². The first-order valence-electron chi connectivity index (χ1n) is 8.38. The van der Waals surface area contributed by atoms with Crippen molar-refractivity contribution < 1.29 is 14.4 Å². The Morgan fingerprint density at radius 1 is 1.40 bits per heavy atom. The summed E-state index contributed by atoms with van der Waals surface area (Å²) in [6.45, 7) is 1.87. The summed E-state index contributed by atoms with van der Waals surface area (Å²) in [5, 5.41) is 16.7. The lowest BCUT2D eigenvalue weighted by Gasteiger charge is -2.31. The molecular weight excluding hydrogens is 344 g/mol. The van der Waals surface area contributed by atoms with Crippen LogP contribution in [0, 0.1) is 5.92 Å². The highest BCUT2D eigenvalue weighted by atomic mass is 35.5. The normalized spacial score (nSPS) is 17.5. The summed E-state index contributed by atoms with van der Waals surface area (Å²) < 4.78 is 5.22. The lowest BCUT2D eigenvalue weighted by molar-refractivity contribution is 0.129. The number of carbonyl (C=O) groups excluding carboxylic acids is 1. The molecule has 134 valence electrons. The maximum absolute atomic E-state index is 12.2. The molecule has 2 heterocycles. The van der Waals surface area contributed by atoms with Crippen LogP contribution in [0.3, 0.4) is 0 Å². The molecule has 2 aromatic rings. The number of aliphatic hydroxyl groups is 1. The molecule has 1 aromatic heterocycles. The molecule has 1 saturated heterocycles. The van der Waals surface area contributed by atoms with Crippen LogP contribution in [0.2, 0.25) is 5.02 Å². The van der Waals surface area contributed by atoms with E-state index >= 15 is 0 Å². The molecule has 1 aliphatic heterocycles. The molecule has 1 aromatic carbocycles. The third kappa shape index (κ3) is 4.70. The number of urea groups is 1. The second kappa shape index (κ2) is 8.31. The lowest BCUT2D eigenvalue weighted by atomic mass is 9.99. The molecule has 0 bridgehead atoms. The average molecular weight is 365 g/mol. The number of piperidine rings is 1. The molecule has 2 amide bonds. The number of amides is 2. The molecule has 2 N–H and O–H groups in total. The molecule has 7 nitrogen and oxygen atoms in total. The quantitative estimate of drug-likeness (QED) is 0.849. The van der Waals surface area contributed by atoms with Gasteiger partial charge in [0.25, 0.3) is 0 Å². The molecule has 25 heavy (non-hydrogen) atoms. The van der Waals surface area contributed by atoms with Crippen LogP contribution >= 0.6 is 11.6 Å². The van der Waals surface area contributed by atoms with Gasteiger partial charge in [0.05, 0.1) is 0 Å². The number of hydrogen-bond donors (Lipinski definition) is 2. The first kappa shape index (κ1) is 17.7. The molecule has 0 radical (unpaired) electrons. The van der Waals surface area contributed by atoms with Crippen molar-refractivity contribution in [1.82, 2.24) is 20.4 Å². The van der Waals surface area contributed by atoms with Gasteiger partial charge in [0.15, 0.2) is 0 Å². The number of aliphatic hydroxyl groups excluding tert-OH is 1. The largest absolute Gasteiger partial charge is 0.396 e. The number of likely N-dealkylation sites (tertiary alicyclic amines) is 1. The minimum absolute atomic E-state index is 0.115. The van der Waals surface area contributed by atoms with Gasteiger partial charge in [0, 0.05) is 43.2 Å². The summed E-state index contributed by atoms with van der Waals surface area (Å²) in [4.78, 5) is 18.2. The van der Waals surface area contributed by atoms with E-state index in [0.29, 0.717) is 36.2 Å². The molecule has 1 aliphatic rings. The van der Waals surface area contributed by atoms with Gasteiger partial charge in [0.2, 0.25) is 11.7 Å². The third-order valence-corrected chi connectivity index (χ3v) is 4.50. The van der Waals surface area contributed by atoms with E-state index in [1.165, 1.54) is 0 Å². The smallest absolute Gasteiger partial charge is 0.317 e. The first-order valence-corrected chi connectivity index (χ1v) is 8.75. The van der Waals surface area contributed by atoms with Gasteiger partial charge in [-0.2, -0.15) is 4.98 Å². The van der Waals surface area contributed by atoms with E-state index < -0.39 is 0 Å². The number of carbonyl (C=O) groups is 1. The summed E-state index contributed by atoms with van der Waals surface area (Å²) in [5.74, 6) is 1.15. The molecule has 8 heteroatoms. The van der Waals surface area contributed by atoms with Crippen molar-refractivity contribution >= 4 is 17.6 Å². The van der Waals surface area contributed by atoms with E-state index in [0.717, 1.165) is 24.9 Å². The van der Waals surface area contributed by atoms with E-state index in [1.54, 1.807) is 17.0 Å². The Morgan fingerprint density at radius 3 is 2.96 bits per heavy atom. The van der Waals surface area contributed by atoms with Crippen LogP contribution in [0.25, 0.3) is 11.4 Å². The summed E-state index contributed by atoms with van der Waals surface area (Å²) in [5.41, 5.74) is 0.826. The van der Waals surface area contributed by atoms with Crippen LogP contribution in [-0.2, 0) is 6.42 Å². The fourth-order valence-electron chi connectivity index (χ4n) is 2.86. The maximum Gasteiger partial charge on any atom is 0.317 e. The van der Waals surface area contributed by atoms with Gasteiger partial charge < -0.3 is 19.8 Å². The Bertz CT molecular complexity index is 704. The van der Waals surface area contributed by atoms with E-state index in [2.05, 4.69) is 15.5 Å². The standard InChI is InChI=1S/C17H21ClN4O3/c18-14-5-3-13(4-6-14)16-20-15(25-21-16)7-8-19-17(24)22-9-1-2-12(10-22)11-23/h3-6,12,23H,1-2,7-11H2,(H,19,24)/t12-/m1/s1. The number of rotatable bonds is 5. The van der Waals surface area contributed by atoms with Gasteiger partial charge in [-0.3, -0.25) is 0 Å². The Labute approximate surface area is 151 Å². The molecule has 0 spiro atoms. The van der Waals surface area contributed by atoms with E-state index in [-0.39, 0.29) is 18.6 Å². The Kier molecular flexibility index (Phi) is 5.88. The van der Waals surface area contributed by atoms with Crippen LogP contribution in [0.5, 0.6) is 0 Å². The highest BCUT2D eigenvalue weighted by Crippen LogP contribution is 2.19. The zero-order valence-corrected chi connectivity index (χ0v) is 14.6. The predicted octanol–water partition coefficient (Wildman–Crippen LogP) is 2.35. The maximum atomic E-state index is 12.2. The van der Waals surface area contributed by atoms with Crippen molar-refractivity contribution in [2.24, 2.45) is 5.92 Å². The SMILES string of the molecule is O=C(NCCc1nc(-c2ccc(Cl)cc2)no1)N1CCC[C@@H](CO)C1. The van der Waals surface area contributed by atoms with E-state index in [4.69, 9.17) is 16.1 Å². The van der Waals surface area contributed by atoms with Crippen LogP contribution in [0.1, 0.15) is 18.7 Å². The van der Waals surface area contributed by atoms with Gasteiger partial charge in [-0.05, 0) is 43.0 Å². The van der Waals surface area contributed by atoms with Crippen molar-refractivity contribution in [2.75, 3.05) is 26.2 Å². The second-order valence-electron chi connectivity index (χ2n) is 6.14. The van der Waals surface area contributed by atoms with Crippen molar-refractivity contribution in [3.8, 4) is 11.4 Å². The highest BCUT2D eigenvalue weighted by Gasteiger charge is 2.22. The van der Waals surface area contributed by atoms with Crippen molar-refractivity contribution in [2.45, 2.75) is 19.3 Å². The van der Waals surface area contributed by atoms with Gasteiger partial charge in [-0.15, -0.1) is 0 Å². The molecule has 1 atom stereocenters. The minimum atomic E-state index is -0.115. The lowest BCUT2D eigenvalue weighted by Crippen LogP contribution is -2.46. The Hall–Kier alpha value is -2.12. The first-order chi connectivity index (χ1) is 12.2. The molecule has 0 unspecified atom stereocenters. The monoisotopic (exact) mass is 364 g/mol. The summed E-state index contributed by atoms with van der Waals surface area (Å²) in [6.07, 6.45) is 2.35. The fourth-order valence-corrected chi connectivity index (χ4v) is 2.99. The summed E-state index contributed by atoms with van der Waals surface area (Å²) in [7, 11) is 0. The fraction of sp³-hybridized carbons (Fsp3) is 0.471. The minimum Gasteiger partial charge on any atom is -0.396 e. The Morgan fingerprint density at radius 2 is 2.20 bits per heavy atom. The molecule has 0 saturated carbocycles. The zero-order chi connectivity index (χ0) is 17.6. The summed E-state index contributed by atoms with van der Waals surface area (Å²) in [6, 6.07) is 7.08. The molecule has 3 rings (SSSR count). The predicted molar refractivity (Wildman–Crippen MR) is 93.2 cm³/mol. The molecular formula is C17H21ClN4O3. The van der Waals surface area contributed by atoms with Crippen LogP contribution in [0.4, 0.5) is 4.79 Å². The van der Waals surface area contributed by atoms with Crippen molar-refractivity contribution in [3.63, 3.8) is 0 Å². The number of nitrogens with zero attached hydrogens (tertiary/aromatic N) is 3. The van der Waals surface area contributed by atoms with Gasteiger partial charge in [-0.1, -0.05) is 16.8 Å². The van der Waals surface area contributed by atoms with Gasteiger partial charge in [-0.25, -0.2) is 4.79 Å². The highest BCUT2D eigenvalue weighted by molar-refractivity contribution is 6.30. The van der Waals surface area contributed by atoms with Crippen LogP contribution in [-0.4, -0.2) is 52.4 Å². The topological polar surface area (TPSA) is 91.5 Å². The number of hydrogen-bond acceptors (Lipinski definition) is 5. The average Bonchev–Trinajstić information content (AvgIpc) is 3.11. The van der Waals surface area contributed by atoms with Crippen molar-refractivity contribution in [1.29, 1.82) is 0 Å². The number of benzene rings is 1. The number of aromatic nitrogens is 2. The number of halogens is 1. The number of nitrogens with one attached hydrogen (secondary N) is 1. The van der Waals surface area contributed by atoms with Gasteiger partial charge >= 0.3 is 6.03 Å². The Balaban J connectivity index is 1.47. The molecule has 1 fully saturated rings. The summed E-state index contributed by atoms with van der Waals surface area (Å²) >= 11 is 5.86. The van der Waals surface area contributed by atoms with Crippen LogP contribution < -0.4 is 5.32 Å². The van der Waals surface area contributed by atoms with Gasteiger partial charge in [0.1, 0.15) is 0 Å². The molecule has 0 aliphatic carbocycles. The van der Waals surface area contributed by atoms with E-state index in [1.807, 2.05) is 12.1 Å². The van der Waals surface area contributed by atoms with Crippen LogP contribution in [0.15, 0.2) is 28.8 Å². The third-order valence-electron chi connectivity index (χ3n) is 4.25. The zero-order valence-electron chi connectivity index (χ0n) is 13.8. The van der Waals surface area contributed by atoms with E-state index in [9.17, 15) is 9.90 Å². The second-order valence-corrected chi connectivity index (χ2v) is 6.57.